The van der Waals surface area contributed by atoms with Crippen molar-refractivity contribution >= 4 is 40.2 Å². The van der Waals surface area contributed by atoms with Crippen LogP contribution in [0.3, 0.4) is 0 Å². The van der Waals surface area contributed by atoms with Crippen LogP contribution >= 0.6 is 11.8 Å². The summed E-state index contributed by atoms with van der Waals surface area (Å²) in [4.78, 5) is 34.7. The van der Waals surface area contributed by atoms with Crippen LogP contribution in [0.1, 0.15) is 17.0 Å². The van der Waals surface area contributed by atoms with E-state index >= 15 is 0 Å². The fraction of sp³-hybridized carbons (Fsp3) is 0.233. The summed E-state index contributed by atoms with van der Waals surface area (Å²) in [6.07, 6.45) is -6.93. The van der Waals surface area contributed by atoms with Crippen LogP contribution in [0.5, 0.6) is 11.5 Å². The van der Waals surface area contributed by atoms with Crippen molar-refractivity contribution < 1.29 is 45.4 Å². The molecule has 2 heterocycles. The topological polar surface area (TPSA) is 111 Å². The zero-order valence-corrected chi connectivity index (χ0v) is 25.1. The summed E-state index contributed by atoms with van der Waals surface area (Å²) in [7, 11) is 0. The second-order valence-corrected chi connectivity index (χ2v) is 11.0. The average Bonchev–Trinajstić information content (AvgIpc) is 3.61. The molecule has 10 nitrogen and oxygen atoms in total. The van der Waals surface area contributed by atoms with Crippen molar-refractivity contribution in [3.63, 3.8) is 0 Å². The highest BCUT2D eigenvalue weighted by Gasteiger charge is 2.34. The molecule has 0 unspecified atom stereocenters. The molecule has 1 aliphatic heterocycles. The fourth-order valence-electron chi connectivity index (χ4n) is 4.35. The first kappa shape index (κ1) is 33.3. The van der Waals surface area contributed by atoms with Gasteiger partial charge in [-0.25, -0.2) is 14.5 Å². The van der Waals surface area contributed by atoms with E-state index in [4.69, 9.17) is 4.74 Å². The SMILES string of the molecule is Cc1ccc(OCC(F)(F)F)c(N2C(=O)CS/C2=N\C(=O)Nc2ccc(CCc3ncn(-c4ccc(OC(F)(F)F)cc4)n3)cc2)c1. The van der Waals surface area contributed by atoms with Crippen LogP contribution in [0.2, 0.25) is 0 Å². The van der Waals surface area contributed by atoms with Gasteiger partial charge in [-0.05, 0) is 73.0 Å². The van der Waals surface area contributed by atoms with Gasteiger partial charge < -0.3 is 14.8 Å². The third kappa shape index (κ3) is 9.25. The Morgan fingerprint density at radius 3 is 2.40 bits per heavy atom. The first-order valence-electron chi connectivity index (χ1n) is 13.7. The van der Waals surface area contributed by atoms with E-state index in [1.807, 2.05) is 0 Å². The molecular formula is C30H24F6N6O4S. The lowest BCUT2D eigenvalue weighted by molar-refractivity contribution is -0.274. The summed E-state index contributed by atoms with van der Waals surface area (Å²) in [6.45, 7) is 0.145. The number of hydrogen-bond donors (Lipinski definition) is 1. The fourth-order valence-corrected chi connectivity index (χ4v) is 5.21. The van der Waals surface area contributed by atoms with Crippen molar-refractivity contribution in [2.75, 3.05) is 22.6 Å². The van der Waals surface area contributed by atoms with Crippen LogP contribution in [-0.2, 0) is 17.6 Å². The van der Waals surface area contributed by atoms with Gasteiger partial charge in [0.25, 0.3) is 0 Å². The van der Waals surface area contributed by atoms with Gasteiger partial charge in [0, 0.05) is 12.1 Å². The number of urea groups is 1. The smallest absolute Gasteiger partial charge is 0.482 e. The number of hydrogen-bond acceptors (Lipinski definition) is 7. The minimum absolute atomic E-state index is 0.0101. The summed E-state index contributed by atoms with van der Waals surface area (Å²) in [5.41, 5.74) is 2.51. The molecule has 3 aromatic carbocycles. The number of benzene rings is 3. The van der Waals surface area contributed by atoms with Gasteiger partial charge in [-0.1, -0.05) is 30.0 Å². The maximum atomic E-state index is 12.8. The van der Waals surface area contributed by atoms with E-state index in [2.05, 4.69) is 25.1 Å². The maximum absolute atomic E-state index is 12.8. The van der Waals surface area contributed by atoms with E-state index in [1.165, 1.54) is 47.4 Å². The average molecular weight is 679 g/mol. The Morgan fingerprint density at radius 1 is 1.00 bits per heavy atom. The number of aromatic nitrogens is 3. The molecule has 0 radical (unpaired) electrons. The Morgan fingerprint density at radius 2 is 1.72 bits per heavy atom. The predicted octanol–water partition coefficient (Wildman–Crippen LogP) is 6.87. The summed E-state index contributed by atoms with van der Waals surface area (Å²) in [5.74, 6) is -0.562. The van der Waals surface area contributed by atoms with Crippen molar-refractivity contribution in [2.45, 2.75) is 32.3 Å². The number of rotatable bonds is 9. The Hall–Kier alpha value is -5.06. The number of thioether (sulfide) groups is 1. The molecular weight excluding hydrogens is 654 g/mol. The van der Waals surface area contributed by atoms with Crippen LogP contribution in [-0.4, -0.2) is 56.8 Å². The molecule has 1 aliphatic rings. The lowest BCUT2D eigenvalue weighted by Crippen LogP contribution is -2.31. The number of halogens is 6. The summed E-state index contributed by atoms with van der Waals surface area (Å²) in [5, 5.41) is 6.95. The number of aryl methyl sites for hydroxylation is 3. The number of nitrogens with zero attached hydrogens (tertiary/aromatic N) is 5. The second-order valence-electron chi connectivity index (χ2n) is 10.1. The second kappa shape index (κ2) is 13.7. The molecule has 4 aromatic rings. The van der Waals surface area contributed by atoms with E-state index < -0.39 is 31.1 Å². The maximum Gasteiger partial charge on any atom is 0.573 e. The van der Waals surface area contributed by atoms with E-state index in [9.17, 15) is 35.9 Å². The third-order valence-corrected chi connectivity index (χ3v) is 7.35. The van der Waals surface area contributed by atoms with Crippen LogP contribution in [0.4, 0.5) is 42.5 Å². The molecule has 1 N–H and O–H groups in total. The van der Waals surface area contributed by atoms with Crippen molar-refractivity contribution in [1.29, 1.82) is 0 Å². The third-order valence-electron chi connectivity index (χ3n) is 6.43. The van der Waals surface area contributed by atoms with E-state index in [1.54, 1.807) is 37.3 Å². The number of carbonyl (C=O) groups is 2. The number of aliphatic imine (C=N–C) groups is 1. The molecule has 0 atom stereocenters. The minimum atomic E-state index is -4.78. The zero-order valence-electron chi connectivity index (χ0n) is 24.3. The van der Waals surface area contributed by atoms with Crippen molar-refractivity contribution in [3.8, 4) is 17.2 Å². The molecule has 0 bridgehead atoms. The minimum Gasteiger partial charge on any atom is -0.482 e. The molecule has 0 saturated carbocycles. The number of anilines is 2. The van der Waals surface area contributed by atoms with Crippen LogP contribution in [0, 0.1) is 6.92 Å². The monoisotopic (exact) mass is 678 g/mol. The van der Waals surface area contributed by atoms with Gasteiger partial charge in [0.2, 0.25) is 5.91 Å². The Balaban J connectivity index is 1.18. The lowest BCUT2D eigenvalue weighted by atomic mass is 10.1. The molecule has 1 fully saturated rings. The van der Waals surface area contributed by atoms with Gasteiger partial charge in [-0.3, -0.25) is 9.69 Å². The number of nitrogens with one attached hydrogen (secondary N) is 1. The number of amidine groups is 1. The predicted molar refractivity (Wildman–Crippen MR) is 161 cm³/mol. The molecule has 0 spiro atoms. The highest BCUT2D eigenvalue weighted by Crippen LogP contribution is 2.36. The van der Waals surface area contributed by atoms with Gasteiger partial charge in [0.15, 0.2) is 17.6 Å². The van der Waals surface area contributed by atoms with Crippen molar-refractivity contribution in [2.24, 2.45) is 4.99 Å². The first-order valence-corrected chi connectivity index (χ1v) is 14.7. The van der Waals surface area contributed by atoms with Crippen molar-refractivity contribution in [1.82, 2.24) is 14.8 Å². The normalized spacial score (nSPS) is 14.5. The largest absolute Gasteiger partial charge is 0.573 e. The molecule has 1 aromatic heterocycles. The highest BCUT2D eigenvalue weighted by molar-refractivity contribution is 8.15. The molecule has 3 amide bonds. The Bertz CT molecular complexity index is 1780. The van der Waals surface area contributed by atoms with Gasteiger partial charge in [0.1, 0.15) is 17.8 Å². The summed E-state index contributed by atoms with van der Waals surface area (Å²) < 4.78 is 85.7. The van der Waals surface area contributed by atoms with Crippen molar-refractivity contribution in [3.05, 3.63) is 90.0 Å². The van der Waals surface area contributed by atoms with Crippen LogP contribution < -0.4 is 19.7 Å². The molecule has 5 rings (SSSR count). The molecule has 1 saturated heterocycles. The van der Waals surface area contributed by atoms with Crippen LogP contribution in [0.25, 0.3) is 5.69 Å². The molecule has 246 valence electrons. The summed E-state index contributed by atoms with van der Waals surface area (Å²) in [6, 6.07) is 15.6. The first-order chi connectivity index (χ1) is 22.2. The van der Waals surface area contributed by atoms with Gasteiger partial charge in [-0.2, -0.15) is 23.3 Å². The van der Waals surface area contributed by atoms with E-state index in [0.29, 0.717) is 35.6 Å². The summed E-state index contributed by atoms with van der Waals surface area (Å²) >= 11 is 0.968. The molecule has 17 heteroatoms. The molecule has 47 heavy (non-hydrogen) atoms. The van der Waals surface area contributed by atoms with E-state index in [-0.39, 0.29) is 28.1 Å². The number of alkyl halides is 6. The lowest BCUT2D eigenvalue weighted by Gasteiger charge is -2.21. The number of amides is 3. The van der Waals surface area contributed by atoms with Gasteiger partial charge in [-0.15, -0.1) is 13.2 Å². The quantitative estimate of drug-likeness (QED) is 0.193. The van der Waals surface area contributed by atoms with Gasteiger partial charge >= 0.3 is 18.6 Å². The van der Waals surface area contributed by atoms with E-state index in [0.717, 1.165) is 22.2 Å². The number of carbonyl (C=O) groups excluding carboxylic acids is 2. The Labute approximate surface area is 267 Å². The van der Waals surface area contributed by atoms with Gasteiger partial charge in [0.05, 0.1) is 17.1 Å². The standard InChI is InChI=1S/C30H24F6N6O4S/c1-18-2-12-24(45-16-29(31,32)33)23(14-18)42-26(43)15-47-28(42)39-27(44)38-20-6-3-19(4-7-20)5-13-25-37-17-41(40-25)21-8-10-22(11-9-21)46-30(34,35)36/h2-4,6-12,14,17H,5,13,15-16H2,1H3,(H,38,44)/b39-28-. The number of ether oxygens (including phenoxy) is 2. The highest BCUT2D eigenvalue weighted by atomic mass is 32.2. The van der Waals surface area contributed by atoms with Crippen LogP contribution in [0.15, 0.2) is 78.0 Å². The molecule has 0 aliphatic carbocycles. The Kier molecular flexibility index (Phi) is 9.74. The zero-order chi connectivity index (χ0) is 33.8.